The molecule has 1 aromatic rings. The van der Waals surface area contributed by atoms with Crippen LogP contribution in [-0.4, -0.2) is 77.4 Å². The van der Waals surface area contributed by atoms with E-state index in [-0.39, 0.29) is 44.7 Å². The summed E-state index contributed by atoms with van der Waals surface area (Å²) in [6.07, 6.45) is -1.17. The summed E-state index contributed by atoms with van der Waals surface area (Å²) in [5.41, 5.74) is 1.32. The van der Waals surface area contributed by atoms with Crippen LogP contribution in [0.5, 0.6) is 0 Å². The van der Waals surface area contributed by atoms with Crippen molar-refractivity contribution in [2.24, 2.45) is 5.41 Å². The first-order valence-electron chi connectivity index (χ1n) is 12.5. The molecule has 0 aliphatic carbocycles. The van der Waals surface area contributed by atoms with E-state index in [1.54, 1.807) is 17.7 Å². The van der Waals surface area contributed by atoms with Gasteiger partial charge in [0.25, 0.3) is 5.91 Å². The number of likely N-dealkylation sites (tertiary alicyclic amines) is 1. The number of amides is 1. The van der Waals surface area contributed by atoms with Crippen LogP contribution in [0.3, 0.4) is 0 Å². The van der Waals surface area contributed by atoms with Crippen LogP contribution in [0.1, 0.15) is 70.1 Å². The molecule has 0 aromatic carbocycles. The predicted molar refractivity (Wildman–Crippen MR) is 129 cm³/mol. The van der Waals surface area contributed by atoms with E-state index in [1.807, 2.05) is 13.0 Å². The van der Waals surface area contributed by atoms with Crippen molar-refractivity contribution in [3.8, 4) is 0 Å². The summed E-state index contributed by atoms with van der Waals surface area (Å²) in [6.45, 7) is 6.49. The molecule has 2 N–H and O–H groups in total. The van der Waals surface area contributed by atoms with E-state index in [4.69, 9.17) is 0 Å². The lowest BCUT2D eigenvalue weighted by molar-refractivity contribution is -0.213. The van der Waals surface area contributed by atoms with Crippen LogP contribution in [0.15, 0.2) is 18.3 Å². The van der Waals surface area contributed by atoms with Gasteiger partial charge in [-0.3, -0.25) is 15.0 Å². The molecule has 8 nitrogen and oxygen atoms in total. The Morgan fingerprint density at radius 3 is 2.25 bits per heavy atom. The van der Waals surface area contributed by atoms with Gasteiger partial charge in [0.2, 0.25) is 10.0 Å². The van der Waals surface area contributed by atoms with E-state index in [1.165, 1.54) is 18.2 Å². The normalized spacial score (nSPS) is 20.9. The van der Waals surface area contributed by atoms with Crippen LogP contribution in [0, 0.1) is 5.41 Å². The standard InChI is InChI=1S/C24H37F3N4O4S/c1-4-30-15-11-23(12-16-30,21(32)29-33)36(34,35)31-13-8-19(9-14-31)20-6-5-18(17-28-20)7-10-22(2,3)24(25,26)27/h5-6,17,19,33H,4,7-16H2,1-3H3,(H,29,32). The van der Waals surface area contributed by atoms with E-state index in [0.717, 1.165) is 17.8 Å². The van der Waals surface area contributed by atoms with Crippen molar-refractivity contribution in [2.45, 2.75) is 76.1 Å². The van der Waals surface area contributed by atoms with E-state index in [2.05, 4.69) is 9.88 Å². The molecule has 2 aliphatic rings. The first-order chi connectivity index (χ1) is 16.8. The molecule has 204 valence electrons. The molecule has 3 rings (SSSR count). The van der Waals surface area contributed by atoms with E-state index < -0.39 is 32.3 Å². The first-order valence-corrected chi connectivity index (χ1v) is 13.9. The highest BCUT2D eigenvalue weighted by atomic mass is 32.2. The van der Waals surface area contributed by atoms with Crippen LogP contribution >= 0.6 is 0 Å². The number of carbonyl (C=O) groups excluding carboxylic acids is 1. The number of carbonyl (C=O) groups is 1. The van der Waals surface area contributed by atoms with Gasteiger partial charge in [0.15, 0.2) is 4.75 Å². The first kappa shape index (κ1) is 28.8. The Morgan fingerprint density at radius 2 is 1.78 bits per heavy atom. The van der Waals surface area contributed by atoms with Gasteiger partial charge in [-0.1, -0.05) is 26.8 Å². The van der Waals surface area contributed by atoms with Gasteiger partial charge in [-0.2, -0.15) is 13.2 Å². The summed E-state index contributed by atoms with van der Waals surface area (Å²) < 4.78 is 66.2. The van der Waals surface area contributed by atoms with Crippen molar-refractivity contribution in [2.75, 3.05) is 32.7 Å². The molecule has 1 amide bonds. The number of aromatic nitrogens is 1. The predicted octanol–water partition coefficient (Wildman–Crippen LogP) is 3.47. The lowest BCUT2D eigenvalue weighted by atomic mass is 9.85. The number of pyridine rings is 1. The summed E-state index contributed by atoms with van der Waals surface area (Å²) in [7, 11) is -4.01. The third-order valence-electron chi connectivity index (χ3n) is 7.99. The molecule has 2 saturated heterocycles. The van der Waals surface area contributed by atoms with Crippen molar-refractivity contribution in [1.29, 1.82) is 0 Å². The Kier molecular flexibility index (Phi) is 8.74. The van der Waals surface area contributed by atoms with Crippen LogP contribution in [0.25, 0.3) is 0 Å². The summed E-state index contributed by atoms with van der Waals surface area (Å²) >= 11 is 0. The summed E-state index contributed by atoms with van der Waals surface area (Å²) in [5.74, 6) is -0.868. The number of alkyl halides is 3. The number of sulfonamides is 1. The number of nitrogens with zero attached hydrogens (tertiary/aromatic N) is 3. The maximum absolute atomic E-state index is 13.6. The third-order valence-corrected chi connectivity index (χ3v) is 10.6. The minimum atomic E-state index is -4.27. The van der Waals surface area contributed by atoms with Crippen molar-refractivity contribution in [3.05, 3.63) is 29.6 Å². The SMILES string of the molecule is CCN1CCC(C(=O)NO)(S(=O)(=O)N2CCC(c3ccc(CCC(C)(C)C(F)(F)F)cn3)CC2)CC1. The van der Waals surface area contributed by atoms with Gasteiger partial charge < -0.3 is 4.90 Å². The number of hydroxylamine groups is 1. The fraction of sp³-hybridized carbons (Fsp3) is 0.750. The van der Waals surface area contributed by atoms with Gasteiger partial charge in [-0.05, 0) is 56.7 Å². The molecule has 0 spiro atoms. The average Bonchev–Trinajstić information content (AvgIpc) is 2.86. The average molecular weight is 535 g/mol. The van der Waals surface area contributed by atoms with Gasteiger partial charge >= 0.3 is 6.18 Å². The van der Waals surface area contributed by atoms with E-state index in [9.17, 15) is 31.6 Å². The monoisotopic (exact) mass is 534 g/mol. The molecule has 2 fully saturated rings. The maximum Gasteiger partial charge on any atom is 0.393 e. The number of rotatable bonds is 8. The van der Waals surface area contributed by atoms with Gasteiger partial charge in [0, 0.05) is 44.0 Å². The Hall–Kier alpha value is -1.76. The molecular formula is C24H37F3N4O4S. The molecular weight excluding hydrogens is 497 g/mol. The highest BCUT2D eigenvalue weighted by Gasteiger charge is 2.55. The molecule has 12 heteroatoms. The van der Waals surface area contributed by atoms with Gasteiger partial charge in [0.05, 0.1) is 5.41 Å². The zero-order chi connectivity index (χ0) is 26.8. The van der Waals surface area contributed by atoms with Crippen LogP contribution < -0.4 is 5.48 Å². The van der Waals surface area contributed by atoms with Crippen LogP contribution in [-0.2, 0) is 21.2 Å². The molecule has 36 heavy (non-hydrogen) atoms. The Morgan fingerprint density at radius 1 is 1.17 bits per heavy atom. The molecule has 0 radical (unpaired) electrons. The molecule has 0 unspecified atom stereocenters. The fourth-order valence-corrected chi connectivity index (χ4v) is 7.16. The third kappa shape index (κ3) is 5.71. The molecule has 0 saturated carbocycles. The van der Waals surface area contributed by atoms with Gasteiger partial charge in [0.1, 0.15) is 0 Å². The number of halogens is 3. The number of hydrogen-bond acceptors (Lipinski definition) is 6. The van der Waals surface area contributed by atoms with Crippen LogP contribution in [0.4, 0.5) is 13.2 Å². The number of hydrogen-bond donors (Lipinski definition) is 2. The maximum atomic E-state index is 13.6. The summed E-state index contributed by atoms with van der Waals surface area (Å²) in [4.78, 5) is 19.1. The highest BCUT2D eigenvalue weighted by molar-refractivity contribution is 7.91. The Balaban J connectivity index is 1.63. The smallest absolute Gasteiger partial charge is 0.303 e. The Bertz CT molecular complexity index is 999. The van der Waals surface area contributed by atoms with Crippen LogP contribution in [0.2, 0.25) is 0 Å². The number of nitrogens with one attached hydrogen (secondary N) is 1. The zero-order valence-corrected chi connectivity index (χ0v) is 22.0. The molecule has 3 heterocycles. The fourth-order valence-electron chi connectivity index (χ4n) is 5.00. The second kappa shape index (κ2) is 10.9. The summed E-state index contributed by atoms with van der Waals surface area (Å²) in [5, 5.41) is 9.31. The quantitative estimate of drug-likeness (QED) is 0.391. The largest absolute Gasteiger partial charge is 0.393 e. The van der Waals surface area contributed by atoms with Crippen molar-refractivity contribution < 1.29 is 31.6 Å². The minimum Gasteiger partial charge on any atom is -0.303 e. The molecule has 0 bridgehead atoms. The second-order valence-corrected chi connectivity index (χ2v) is 12.8. The molecule has 2 aliphatic heterocycles. The van der Waals surface area contributed by atoms with E-state index in [0.29, 0.717) is 25.9 Å². The highest BCUT2D eigenvalue weighted by Crippen LogP contribution is 2.41. The topological polar surface area (TPSA) is 103 Å². The van der Waals surface area contributed by atoms with Crippen molar-refractivity contribution >= 4 is 15.9 Å². The number of piperidine rings is 2. The van der Waals surface area contributed by atoms with Gasteiger partial charge in [-0.15, -0.1) is 0 Å². The lowest BCUT2D eigenvalue weighted by Crippen LogP contribution is -2.62. The molecule has 1 aromatic heterocycles. The zero-order valence-electron chi connectivity index (χ0n) is 21.1. The Labute approximate surface area is 211 Å². The second-order valence-electron chi connectivity index (χ2n) is 10.5. The van der Waals surface area contributed by atoms with Gasteiger partial charge in [-0.25, -0.2) is 18.2 Å². The number of aryl methyl sites for hydroxylation is 1. The minimum absolute atomic E-state index is 0.0154. The van der Waals surface area contributed by atoms with Crippen molar-refractivity contribution in [3.63, 3.8) is 0 Å². The van der Waals surface area contributed by atoms with E-state index >= 15 is 0 Å². The van der Waals surface area contributed by atoms with Crippen molar-refractivity contribution in [1.82, 2.24) is 19.7 Å². The molecule has 0 atom stereocenters. The summed E-state index contributed by atoms with van der Waals surface area (Å²) in [6, 6.07) is 3.60. The lowest BCUT2D eigenvalue weighted by Gasteiger charge is -2.43.